The Hall–Kier alpha value is -3.20. The highest BCUT2D eigenvalue weighted by atomic mass is 19.4. The minimum absolute atomic E-state index is 0.00653. The van der Waals surface area contributed by atoms with Crippen LogP contribution in [-0.2, 0) is 12.7 Å². The summed E-state index contributed by atoms with van der Waals surface area (Å²) in [5, 5.41) is 10.6. The normalized spacial score (nSPS) is 18.6. The lowest BCUT2D eigenvalue weighted by atomic mass is 9.97. The van der Waals surface area contributed by atoms with Gasteiger partial charge in [0.05, 0.1) is 43.3 Å². The topological polar surface area (TPSA) is 73.3 Å². The average molecular weight is 493 g/mol. The van der Waals surface area contributed by atoms with E-state index in [4.69, 9.17) is 13.9 Å². The van der Waals surface area contributed by atoms with Gasteiger partial charge in [-0.05, 0) is 55.5 Å². The minimum Gasteiger partial charge on any atom is -0.507 e. The summed E-state index contributed by atoms with van der Waals surface area (Å²) in [6.07, 6.45) is -0.910. The Balaban J connectivity index is 1.95. The van der Waals surface area contributed by atoms with Crippen LogP contribution in [0.1, 0.15) is 43.9 Å². The van der Waals surface area contributed by atoms with E-state index in [2.05, 4.69) is 6.92 Å². The Kier molecular flexibility index (Phi) is 6.98. The number of hydrogen-bond acceptors (Lipinski definition) is 5. The van der Waals surface area contributed by atoms with Crippen molar-refractivity contribution in [2.24, 2.45) is 0 Å². The molecule has 4 rings (SSSR count). The molecule has 2 N–H and O–H groups in total. The fourth-order valence-electron chi connectivity index (χ4n) is 5.03. The molecule has 9 heteroatoms. The highest BCUT2D eigenvalue weighted by Crippen LogP contribution is 2.41. The van der Waals surface area contributed by atoms with Gasteiger partial charge in [0.2, 0.25) is 11.2 Å². The molecule has 3 aromatic rings. The summed E-state index contributed by atoms with van der Waals surface area (Å²) in [6.45, 7) is 3.20. The number of halogens is 3. The van der Waals surface area contributed by atoms with E-state index in [-0.39, 0.29) is 40.1 Å². The number of alkyl halides is 3. The van der Waals surface area contributed by atoms with Gasteiger partial charge < -0.3 is 23.9 Å². The number of ether oxygens (including phenoxy) is 2. The van der Waals surface area contributed by atoms with E-state index in [9.17, 15) is 23.1 Å². The van der Waals surface area contributed by atoms with Crippen LogP contribution in [0.25, 0.3) is 22.1 Å². The number of benzene rings is 2. The number of piperidine rings is 1. The molecular weight excluding hydrogens is 463 g/mol. The summed E-state index contributed by atoms with van der Waals surface area (Å²) in [5.74, 6) is -1.09. The molecule has 6 nitrogen and oxygen atoms in total. The van der Waals surface area contributed by atoms with Crippen LogP contribution in [0.3, 0.4) is 0 Å². The zero-order chi connectivity index (χ0) is 25.3. The lowest BCUT2D eigenvalue weighted by Crippen LogP contribution is -3.15. The molecule has 0 bridgehead atoms. The third-order valence-electron chi connectivity index (χ3n) is 6.84. The second-order valence-corrected chi connectivity index (χ2v) is 8.83. The molecule has 2 atom stereocenters. The number of methoxy groups -OCH3 is 2. The monoisotopic (exact) mass is 492 g/mol. The van der Waals surface area contributed by atoms with E-state index in [0.717, 1.165) is 32.2 Å². The van der Waals surface area contributed by atoms with Crippen molar-refractivity contribution in [3.8, 4) is 28.4 Å². The quantitative estimate of drug-likeness (QED) is 0.528. The van der Waals surface area contributed by atoms with Gasteiger partial charge in [0.15, 0.2) is 17.1 Å². The molecule has 1 fully saturated rings. The van der Waals surface area contributed by atoms with E-state index in [1.54, 1.807) is 0 Å². The molecule has 0 aliphatic carbocycles. The lowest BCUT2D eigenvalue weighted by molar-refractivity contribution is -0.944. The Morgan fingerprint density at radius 1 is 1.11 bits per heavy atom. The summed E-state index contributed by atoms with van der Waals surface area (Å²) in [4.78, 5) is 14.7. The molecule has 1 aliphatic rings. The molecular formula is C26H29F3NO5+. The molecule has 0 amide bonds. The molecule has 1 aromatic heterocycles. The van der Waals surface area contributed by atoms with E-state index in [0.29, 0.717) is 11.8 Å². The van der Waals surface area contributed by atoms with Crippen molar-refractivity contribution in [3.05, 3.63) is 51.9 Å². The number of rotatable bonds is 6. The summed E-state index contributed by atoms with van der Waals surface area (Å²) in [6, 6.07) is 7.11. The number of quaternary nitrogens is 1. The van der Waals surface area contributed by atoms with Crippen molar-refractivity contribution in [3.63, 3.8) is 0 Å². The molecule has 188 valence electrons. The zero-order valence-corrected chi connectivity index (χ0v) is 19.9. The summed E-state index contributed by atoms with van der Waals surface area (Å²) in [5.41, 5.74) is -1.45. The molecule has 1 unspecified atom stereocenters. The maximum Gasteiger partial charge on any atom is 0.450 e. The Morgan fingerprint density at radius 2 is 1.86 bits per heavy atom. The SMILES string of the molecule is CC[C@@H]1CCCC[NH+]1Cc1c(O)ccc2c(=O)c(-c3ccc(OC)c(OC)c3)c(C(F)(F)F)oc12. The zero-order valence-electron chi connectivity index (χ0n) is 19.9. The molecule has 1 saturated heterocycles. The first-order chi connectivity index (χ1) is 16.7. The highest BCUT2D eigenvalue weighted by Gasteiger charge is 2.40. The van der Waals surface area contributed by atoms with Gasteiger partial charge in [-0.2, -0.15) is 13.2 Å². The van der Waals surface area contributed by atoms with Gasteiger partial charge in [-0.1, -0.05) is 13.0 Å². The molecule has 1 aliphatic heterocycles. The first-order valence-corrected chi connectivity index (χ1v) is 11.6. The standard InChI is InChI=1S/C26H28F3NO5/c1-4-16-7-5-6-12-30(16)14-18-19(31)10-9-17-23(32)22(25(26(27,28)29)35-24(17)18)15-8-11-20(33-2)21(13-15)34-3/h8-11,13,16,31H,4-7,12,14H2,1-3H3/p+1/t16-/m1/s1. The largest absolute Gasteiger partial charge is 0.507 e. The predicted octanol–water partition coefficient (Wildman–Crippen LogP) is 4.55. The third-order valence-corrected chi connectivity index (χ3v) is 6.84. The van der Waals surface area contributed by atoms with Crippen molar-refractivity contribution in [2.75, 3.05) is 20.8 Å². The van der Waals surface area contributed by atoms with Crippen molar-refractivity contribution < 1.29 is 37.1 Å². The second kappa shape index (κ2) is 9.81. The van der Waals surface area contributed by atoms with Gasteiger partial charge >= 0.3 is 6.18 Å². The Labute approximate surface area is 200 Å². The van der Waals surface area contributed by atoms with Crippen LogP contribution in [0.2, 0.25) is 0 Å². The van der Waals surface area contributed by atoms with E-state index >= 15 is 0 Å². The van der Waals surface area contributed by atoms with E-state index < -0.39 is 22.9 Å². The summed E-state index contributed by atoms with van der Waals surface area (Å²) < 4.78 is 58.5. The minimum atomic E-state index is -4.94. The smallest absolute Gasteiger partial charge is 0.450 e. The van der Waals surface area contributed by atoms with Gasteiger partial charge in [-0.3, -0.25) is 4.79 Å². The summed E-state index contributed by atoms with van der Waals surface area (Å²) in [7, 11) is 2.77. The average Bonchev–Trinajstić information content (AvgIpc) is 2.84. The van der Waals surface area contributed by atoms with E-state index in [1.165, 1.54) is 49.5 Å². The van der Waals surface area contributed by atoms with Crippen LogP contribution < -0.4 is 19.8 Å². The lowest BCUT2D eigenvalue weighted by Gasteiger charge is -2.32. The second-order valence-electron chi connectivity index (χ2n) is 8.83. The predicted molar refractivity (Wildman–Crippen MR) is 125 cm³/mol. The van der Waals surface area contributed by atoms with Gasteiger partial charge in [0.1, 0.15) is 12.3 Å². The van der Waals surface area contributed by atoms with Crippen LogP contribution in [-0.4, -0.2) is 31.9 Å². The van der Waals surface area contributed by atoms with Crippen LogP contribution >= 0.6 is 0 Å². The third kappa shape index (κ3) is 4.69. The molecule has 0 saturated carbocycles. The van der Waals surface area contributed by atoms with Crippen LogP contribution in [0.5, 0.6) is 17.2 Å². The Morgan fingerprint density at radius 3 is 2.51 bits per heavy atom. The van der Waals surface area contributed by atoms with Gasteiger partial charge in [0.25, 0.3) is 0 Å². The molecule has 0 radical (unpaired) electrons. The molecule has 35 heavy (non-hydrogen) atoms. The number of fused-ring (bicyclic) bond motifs is 1. The van der Waals surface area contributed by atoms with Crippen molar-refractivity contribution in [1.29, 1.82) is 0 Å². The number of hydrogen-bond donors (Lipinski definition) is 2. The van der Waals surface area contributed by atoms with Crippen molar-refractivity contribution >= 4 is 11.0 Å². The fraction of sp³-hybridized carbons (Fsp3) is 0.423. The van der Waals surface area contributed by atoms with Crippen LogP contribution in [0.15, 0.2) is 39.5 Å². The molecule has 2 aromatic carbocycles. The van der Waals surface area contributed by atoms with Crippen LogP contribution in [0, 0.1) is 0 Å². The van der Waals surface area contributed by atoms with Gasteiger partial charge in [-0.15, -0.1) is 0 Å². The number of likely N-dealkylation sites (tertiary alicyclic amines) is 1. The van der Waals surface area contributed by atoms with Crippen LogP contribution in [0.4, 0.5) is 13.2 Å². The highest BCUT2D eigenvalue weighted by molar-refractivity contribution is 5.87. The van der Waals surface area contributed by atoms with Gasteiger partial charge in [-0.25, -0.2) is 0 Å². The Bertz CT molecular complexity index is 1280. The number of phenolic OH excluding ortho intramolecular Hbond substituents is 1. The first kappa shape index (κ1) is 24.9. The first-order valence-electron chi connectivity index (χ1n) is 11.6. The van der Waals surface area contributed by atoms with Crippen molar-refractivity contribution in [1.82, 2.24) is 0 Å². The fourth-order valence-corrected chi connectivity index (χ4v) is 5.03. The molecule has 0 spiro atoms. The summed E-state index contributed by atoms with van der Waals surface area (Å²) >= 11 is 0. The van der Waals surface area contributed by atoms with E-state index in [1.807, 2.05) is 0 Å². The maximum atomic E-state index is 14.2. The van der Waals surface area contributed by atoms with Crippen molar-refractivity contribution in [2.45, 2.75) is 51.4 Å². The number of aromatic hydroxyl groups is 1. The van der Waals surface area contributed by atoms with Gasteiger partial charge in [0, 0.05) is 0 Å². The number of phenols is 1. The maximum absolute atomic E-state index is 14.2. The molecule has 2 heterocycles. The number of nitrogens with one attached hydrogen (secondary N) is 1.